The number of alkyl halides is 1. The number of nitrogens with zero attached hydrogens (tertiary/aromatic N) is 1. The molecule has 1 aromatic carbocycles. The molecule has 8 heteroatoms. The summed E-state index contributed by atoms with van der Waals surface area (Å²) in [6.45, 7) is 0.685. The maximum Gasteiger partial charge on any atom is 0.352 e. The van der Waals surface area contributed by atoms with Crippen molar-refractivity contribution in [2.75, 3.05) is 18.5 Å². The van der Waals surface area contributed by atoms with Crippen LogP contribution < -0.4 is 15.4 Å². The molecule has 0 spiro atoms. The molecule has 2 aromatic rings. The lowest BCUT2D eigenvalue weighted by Crippen LogP contribution is -2.30. The summed E-state index contributed by atoms with van der Waals surface area (Å²) in [6.07, 6.45) is 2.21. The standard InChI is InChI=1S/C17H19ClFN3O2S/c1-2-23-16(19)24-14-8-4-3-6-12(14)9-11-21-17(25)22-15-13(18)7-5-10-20-15/h3-8,10,16H,2,9,11H2,1H3,(H2,20,21,22,25). The Kier molecular flexibility index (Phi) is 7.84. The summed E-state index contributed by atoms with van der Waals surface area (Å²) >= 11 is 11.2. The number of thiocarbonyl (C=S) groups is 1. The van der Waals surface area contributed by atoms with Gasteiger partial charge in [-0.1, -0.05) is 29.8 Å². The highest BCUT2D eigenvalue weighted by atomic mass is 35.5. The maximum atomic E-state index is 13.5. The second kappa shape index (κ2) is 10.1. The van der Waals surface area contributed by atoms with Crippen LogP contribution in [0.15, 0.2) is 42.6 Å². The smallest absolute Gasteiger partial charge is 0.352 e. The summed E-state index contributed by atoms with van der Waals surface area (Å²) in [5.74, 6) is 0.930. The van der Waals surface area contributed by atoms with Crippen LogP contribution in [0.5, 0.6) is 5.75 Å². The molecule has 25 heavy (non-hydrogen) atoms. The van der Waals surface area contributed by atoms with Gasteiger partial charge in [-0.3, -0.25) is 0 Å². The van der Waals surface area contributed by atoms with Gasteiger partial charge in [0.2, 0.25) is 0 Å². The van der Waals surface area contributed by atoms with Gasteiger partial charge in [0.25, 0.3) is 0 Å². The van der Waals surface area contributed by atoms with Crippen molar-refractivity contribution in [1.82, 2.24) is 10.3 Å². The zero-order valence-electron chi connectivity index (χ0n) is 13.7. The highest BCUT2D eigenvalue weighted by molar-refractivity contribution is 7.80. The Morgan fingerprint density at radius 2 is 2.12 bits per heavy atom. The molecule has 1 heterocycles. The van der Waals surface area contributed by atoms with Crippen molar-refractivity contribution in [2.24, 2.45) is 0 Å². The summed E-state index contributed by atoms with van der Waals surface area (Å²) in [7, 11) is 0. The molecule has 0 radical (unpaired) electrons. The van der Waals surface area contributed by atoms with E-state index in [0.717, 1.165) is 5.56 Å². The Balaban J connectivity index is 1.85. The molecule has 0 aliphatic carbocycles. The van der Waals surface area contributed by atoms with Crippen LogP contribution in [0.25, 0.3) is 0 Å². The number of ether oxygens (including phenoxy) is 2. The summed E-state index contributed by atoms with van der Waals surface area (Å²) in [5, 5.41) is 6.86. The lowest BCUT2D eigenvalue weighted by molar-refractivity contribution is -0.162. The van der Waals surface area contributed by atoms with E-state index in [2.05, 4.69) is 15.6 Å². The second-order valence-corrected chi connectivity index (χ2v) is 5.74. The lowest BCUT2D eigenvalue weighted by atomic mass is 10.1. The van der Waals surface area contributed by atoms with Crippen LogP contribution in [0.4, 0.5) is 10.2 Å². The quantitative estimate of drug-likeness (QED) is 0.532. The number of rotatable bonds is 8. The van der Waals surface area contributed by atoms with Gasteiger partial charge in [-0.25, -0.2) is 4.98 Å². The van der Waals surface area contributed by atoms with Crippen LogP contribution in [0.2, 0.25) is 5.02 Å². The normalized spacial score (nSPS) is 11.6. The van der Waals surface area contributed by atoms with Crippen LogP contribution in [0.1, 0.15) is 12.5 Å². The predicted octanol–water partition coefficient (Wildman–Crippen LogP) is 3.93. The van der Waals surface area contributed by atoms with Gasteiger partial charge in [-0.15, -0.1) is 0 Å². The van der Waals surface area contributed by atoms with E-state index in [1.54, 1.807) is 37.4 Å². The van der Waals surface area contributed by atoms with Crippen LogP contribution in [-0.4, -0.2) is 29.8 Å². The van der Waals surface area contributed by atoms with Crippen molar-refractivity contribution in [3.05, 3.63) is 53.2 Å². The Morgan fingerprint density at radius 3 is 2.88 bits per heavy atom. The number of halogens is 2. The summed E-state index contributed by atoms with van der Waals surface area (Å²) in [6, 6.07) is 10.7. The molecule has 1 atom stereocenters. The van der Waals surface area contributed by atoms with E-state index in [1.807, 2.05) is 12.1 Å². The first-order valence-corrected chi connectivity index (χ1v) is 8.54. The molecule has 0 aliphatic heterocycles. The zero-order chi connectivity index (χ0) is 18.1. The molecule has 0 saturated heterocycles. The SMILES string of the molecule is CCOC(F)Oc1ccccc1CCNC(=S)Nc1ncccc1Cl. The van der Waals surface area contributed by atoms with Gasteiger partial charge in [0.05, 0.1) is 11.6 Å². The summed E-state index contributed by atoms with van der Waals surface area (Å²) < 4.78 is 23.4. The number of hydrogen-bond donors (Lipinski definition) is 2. The molecule has 1 unspecified atom stereocenters. The average molecular weight is 384 g/mol. The van der Waals surface area contributed by atoms with E-state index in [1.165, 1.54) is 0 Å². The molecule has 134 valence electrons. The number of benzene rings is 1. The van der Waals surface area contributed by atoms with Crippen molar-refractivity contribution in [3.8, 4) is 5.75 Å². The minimum absolute atomic E-state index is 0.237. The van der Waals surface area contributed by atoms with Crippen LogP contribution in [-0.2, 0) is 11.2 Å². The third-order valence-electron chi connectivity index (χ3n) is 3.16. The van der Waals surface area contributed by atoms with Crippen molar-refractivity contribution in [2.45, 2.75) is 19.9 Å². The summed E-state index contributed by atoms with van der Waals surface area (Å²) in [4.78, 5) is 4.10. The Morgan fingerprint density at radius 1 is 1.32 bits per heavy atom. The first kappa shape index (κ1) is 19.4. The number of nitrogens with one attached hydrogen (secondary N) is 2. The van der Waals surface area contributed by atoms with Gasteiger partial charge in [0.1, 0.15) is 5.75 Å². The molecule has 2 N–H and O–H groups in total. The molecule has 5 nitrogen and oxygen atoms in total. The van der Waals surface area contributed by atoms with Gasteiger partial charge in [0.15, 0.2) is 10.9 Å². The van der Waals surface area contributed by atoms with Crippen LogP contribution in [0.3, 0.4) is 0 Å². The predicted molar refractivity (Wildman–Crippen MR) is 101 cm³/mol. The average Bonchev–Trinajstić information content (AvgIpc) is 2.59. The Hall–Kier alpha value is -1.96. The fraction of sp³-hybridized carbons (Fsp3) is 0.294. The van der Waals surface area contributed by atoms with Gasteiger partial charge in [-0.2, -0.15) is 4.39 Å². The van der Waals surface area contributed by atoms with Crippen molar-refractivity contribution in [3.63, 3.8) is 0 Å². The Labute approximate surface area is 156 Å². The van der Waals surface area contributed by atoms with Crippen molar-refractivity contribution < 1.29 is 13.9 Å². The monoisotopic (exact) mass is 383 g/mol. The van der Waals surface area contributed by atoms with E-state index < -0.39 is 6.54 Å². The van der Waals surface area contributed by atoms with Gasteiger partial charge in [0, 0.05) is 12.7 Å². The van der Waals surface area contributed by atoms with Crippen molar-refractivity contribution in [1.29, 1.82) is 0 Å². The molecule has 1 aromatic heterocycles. The first-order chi connectivity index (χ1) is 12.1. The number of para-hydroxylation sites is 1. The number of aromatic nitrogens is 1. The fourth-order valence-electron chi connectivity index (χ4n) is 2.03. The molecule has 0 amide bonds. The zero-order valence-corrected chi connectivity index (χ0v) is 15.2. The van der Waals surface area contributed by atoms with E-state index in [0.29, 0.717) is 34.7 Å². The van der Waals surface area contributed by atoms with E-state index in [-0.39, 0.29) is 6.61 Å². The highest BCUT2D eigenvalue weighted by Gasteiger charge is 2.11. The van der Waals surface area contributed by atoms with E-state index in [9.17, 15) is 4.39 Å². The molecule has 2 rings (SSSR count). The number of anilines is 1. The second-order valence-electron chi connectivity index (χ2n) is 4.92. The topological polar surface area (TPSA) is 55.4 Å². The highest BCUT2D eigenvalue weighted by Crippen LogP contribution is 2.20. The molecule has 0 aliphatic rings. The third kappa shape index (κ3) is 6.45. The number of pyridine rings is 1. The lowest BCUT2D eigenvalue weighted by Gasteiger charge is -2.15. The largest absolute Gasteiger partial charge is 0.438 e. The van der Waals surface area contributed by atoms with Crippen LogP contribution >= 0.6 is 23.8 Å². The maximum absolute atomic E-state index is 13.5. The van der Waals surface area contributed by atoms with Gasteiger partial charge in [-0.05, 0) is 49.3 Å². The fourth-order valence-corrected chi connectivity index (χ4v) is 2.40. The van der Waals surface area contributed by atoms with E-state index >= 15 is 0 Å². The number of hydrogen-bond acceptors (Lipinski definition) is 4. The first-order valence-electron chi connectivity index (χ1n) is 7.75. The van der Waals surface area contributed by atoms with Crippen LogP contribution in [0, 0.1) is 0 Å². The molecular weight excluding hydrogens is 365 g/mol. The van der Waals surface area contributed by atoms with Gasteiger partial charge < -0.3 is 20.1 Å². The minimum Gasteiger partial charge on any atom is -0.438 e. The molecule has 0 bridgehead atoms. The van der Waals surface area contributed by atoms with Gasteiger partial charge >= 0.3 is 6.54 Å². The molecule has 0 saturated carbocycles. The van der Waals surface area contributed by atoms with E-state index in [4.69, 9.17) is 33.3 Å². The third-order valence-corrected chi connectivity index (χ3v) is 3.71. The molecular formula is C17H19ClFN3O2S. The minimum atomic E-state index is -1.78. The summed E-state index contributed by atoms with van der Waals surface area (Å²) in [5.41, 5.74) is 0.844. The molecule has 0 fully saturated rings. The Bertz CT molecular complexity index is 705. The van der Waals surface area contributed by atoms with Crippen molar-refractivity contribution >= 4 is 34.7 Å².